The normalized spacial score (nSPS) is 15.3. The maximum atomic E-state index is 12.5. The predicted molar refractivity (Wildman–Crippen MR) is 143 cm³/mol. The topological polar surface area (TPSA) is 135 Å². The number of amidine groups is 1. The molecule has 3 aromatic carbocycles. The molecule has 1 amide bonds. The molecule has 2 N–H and O–H groups in total. The van der Waals surface area contributed by atoms with Crippen LogP contribution >= 0.6 is 23.5 Å². The van der Waals surface area contributed by atoms with Gasteiger partial charge < -0.3 is 10.4 Å². The van der Waals surface area contributed by atoms with Crippen molar-refractivity contribution in [1.82, 2.24) is 10.3 Å². The van der Waals surface area contributed by atoms with Crippen LogP contribution in [0.3, 0.4) is 0 Å². The van der Waals surface area contributed by atoms with Crippen LogP contribution in [0.2, 0.25) is 0 Å². The summed E-state index contributed by atoms with van der Waals surface area (Å²) in [6, 6.07) is 20.2. The molecule has 0 saturated carbocycles. The van der Waals surface area contributed by atoms with Crippen molar-refractivity contribution in [3.63, 3.8) is 0 Å². The average molecular weight is 529 g/mol. The van der Waals surface area contributed by atoms with Crippen molar-refractivity contribution >= 4 is 68.9 Å². The Hall–Kier alpha value is -4.48. The maximum Gasteiger partial charge on any atom is 0.335 e. The van der Waals surface area contributed by atoms with Crippen molar-refractivity contribution in [2.45, 2.75) is 9.79 Å². The number of carbonyl (C=O) groups excluding carboxylic acids is 1. The Morgan fingerprint density at radius 3 is 2.62 bits per heavy atom. The fourth-order valence-corrected chi connectivity index (χ4v) is 5.42. The summed E-state index contributed by atoms with van der Waals surface area (Å²) in [6.07, 6.45) is 3.25. The molecule has 2 heterocycles. The number of carboxylic acids is 1. The summed E-state index contributed by atoms with van der Waals surface area (Å²) in [4.78, 5) is 45.2. The minimum absolute atomic E-state index is 0.0805. The maximum absolute atomic E-state index is 12.5. The van der Waals surface area contributed by atoms with Gasteiger partial charge in [0.1, 0.15) is 0 Å². The Bertz CT molecular complexity index is 1630. The first-order valence-corrected chi connectivity index (χ1v) is 12.4. The molecule has 5 rings (SSSR count). The molecular weight excluding hydrogens is 512 g/mol. The Morgan fingerprint density at radius 1 is 1.08 bits per heavy atom. The van der Waals surface area contributed by atoms with E-state index in [-0.39, 0.29) is 17.2 Å². The largest absolute Gasteiger partial charge is 0.478 e. The molecule has 0 unspecified atom stereocenters. The van der Waals surface area contributed by atoms with E-state index in [1.165, 1.54) is 42.1 Å². The molecule has 11 heteroatoms. The number of carbonyl (C=O) groups is 2. The number of amides is 1. The SMILES string of the molecule is O=C1NC(=Nc2ccc(C(=O)O)cc2)S/C1=C\c1ccc(Sc2cccc3cccnc23)c([N+](=O)[O-])c1. The first-order valence-electron chi connectivity index (χ1n) is 10.8. The first-order chi connectivity index (χ1) is 17.9. The molecule has 37 heavy (non-hydrogen) atoms. The van der Waals surface area contributed by atoms with Crippen molar-refractivity contribution in [1.29, 1.82) is 0 Å². The lowest BCUT2D eigenvalue weighted by Gasteiger charge is -2.07. The van der Waals surface area contributed by atoms with Crippen LogP contribution in [0.5, 0.6) is 0 Å². The quantitative estimate of drug-likeness (QED) is 0.180. The van der Waals surface area contributed by atoms with Gasteiger partial charge in [-0.1, -0.05) is 36.0 Å². The third-order valence-corrected chi connectivity index (χ3v) is 7.31. The fraction of sp³-hybridized carbons (Fsp3) is 0. The molecule has 0 spiro atoms. The van der Waals surface area contributed by atoms with Crippen LogP contribution in [0.25, 0.3) is 17.0 Å². The summed E-state index contributed by atoms with van der Waals surface area (Å²) in [5.41, 5.74) is 1.79. The lowest BCUT2D eigenvalue weighted by atomic mass is 10.2. The zero-order valence-corrected chi connectivity index (χ0v) is 20.5. The van der Waals surface area contributed by atoms with Gasteiger partial charge in [0, 0.05) is 22.5 Å². The Morgan fingerprint density at radius 2 is 1.86 bits per heavy atom. The van der Waals surface area contributed by atoms with E-state index in [2.05, 4.69) is 15.3 Å². The summed E-state index contributed by atoms with van der Waals surface area (Å²) in [7, 11) is 0. The standard InChI is InChI=1S/C26H16N4O5S2/c31-24-22(37-26(29-24)28-18-9-7-17(8-10-18)25(32)33)14-15-6-11-20(19(13-15)30(34)35)36-21-5-1-3-16-4-2-12-27-23(16)21/h1-14H,(H,32,33)(H,28,29,31)/b22-14-. The number of thioether (sulfide) groups is 1. The summed E-state index contributed by atoms with van der Waals surface area (Å²) in [6.45, 7) is 0. The van der Waals surface area contributed by atoms with Crippen molar-refractivity contribution in [3.8, 4) is 0 Å². The van der Waals surface area contributed by atoms with E-state index < -0.39 is 10.9 Å². The highest BCUT2D eigenvalue weighted by Crippen LogP contribution is 2.39. The number of hydrogen-bond acceptors (Lipinski definition) is 8. The molecule has 4 aromatic rings. The van der Waals surface area contributed by atoms with E-state index in [9.17, 15) is 19.7 Å². The van der Waals surface area contributed by atoms with Gasteiger partial charge in [0.05, 0.1) is 31.5 Å². The second-order valence-electron chi connectivity index (χ2n) is 7.75. The highest BCUT2D eigenvalue weighted by Gasteiger charge is 2.25. The number of aromatic carboxylic acids is 1. The van der Waals surface area contributed by atoms with E-state index in [0.717, 1.165) is 27.6 Å². The average Bonchev–Trinajstić information content (AvgIpc) is 3.23. The Balaban J connectivity index is 1.40. The van der Waals surface area contributed by atoms with Crippen molar-refractivity contribution in [3.05, 3.63) is 105 Å². The lowest BCUT2D eigenvalue weighted by molar-refractivity contribution is -0.387. The van der Waals surface area contributed by atoms with E-state index in [0.29, 0.717) is 26.2 Å². The number of aliphatic imine (C=N–C) groups is 1. The van der Waals surface area contributed by atoms with Crippen molar-refractivity contribution < 1.29 is 19.6 Å². The number of carboxylic acid groups (broad SMARTS) is 1. The number of para-hydroxylation sites is 1. The van der Waals surface area contributed by atoms with Crippen LogP contribution < -0.4 is 5.32 Å². The van der Waals surface area contributed by atoms with Gasteiger partial charge >= 0.3 is 5.97 Å². The number of rotatable bonds is 6. The summed E-state index contributed by atoms with van der Waals surface area (Å²) in [5, 5.41) is 24.8. The summed E-state index contributed by atoms with van der Waals surface area (Å²) < 4.78 is 0. The molecule has 0 bridgehead atoms. The number of fused-ring (bicyclic) bond motifs is 1. The molecule has 0 aliphatic carbocycles. The Kier molecular flexibility index (Phi) is 6.71. The van der Waals surface area contributed by atoms with Crippen molar-refractivity contribution in [2.75, 3.05) is 0 Å². The third kappa shape index (κ3) is 5.37. The van der Waals surface area contributed by atoms with Crippen molar-refractivity contribution in [2.24, 2.45) is 4.99 Å². The minimum Gasteiger partial charge on any atom is -0.478 e. The number of nitrogens with one attached hydrogen (secondary N) is 1. The lowest BCUT2D eigenvalue weighted by Crippen LogP contribution is -2.19. The van der Waals surface area contributed by atoms with Gasteiger partial charge in [0.25, 0.3) is 11.6 Å². The number of nitro benzene ring substituents is 1. The van der Waals surface area contributed by atoms with Crippen LogP contribution in [-0.2, 0) is 4.79 Å². The van der Waals surface area contributed by atoms with Gasteiger partial charge in [0.15, 0.2) is 5.17 Å². The summed E-state index contributed by atoms with van der Waals surface area (Å²) in [5.74, 6) is -1.42. The molecule has 0 atom stereocenters. The molecule has 9 nitrogen and oxygen atoms in total. The van der Waals surface area contributed by atoms with Gasteiger partial charge in [-0.3, -0.25) is 19.9 Å². The highest BCUT2D eigenvalue weighted by atomic mass is 32.2. The number of nitro groups is 1. The zero-order valence-electron chi connectivity index (χ0n) is 18.8. The zero-order chi connectivity index (χ0) is 25.9. The molecule has 1 aliphatic heterocycles. The first kappa shape index (κ1) is 24.2. The third-order valence-electron chi connectivity index (χ3n) is 5.29. The van der Waals surface area contributed by atoms with Crippen LogP contribution in [0.4, 0.5) is 11.4 Å². The number of benzene rings is 3. The van der Waals surface area contributed by atoms with Crippen LogP contribution in [0.15, 0.2) is 98.7 Å². The molecule has 0 radical (unpaired) electrons. The predicted octanol–water partition coefficient (Wildman–Crippen LogP) is 5.88. The number of pyridine rings is 1. The molecular formula is C26H16N4O5S2. The van der Waals surface area contributed by atoms with Gasteiger partial charge in [0.2, 0.25) is 0 Å². The monoisotopic (exact) mass is 528 g/mol. The van der Waals surface area contributed by atoms with Gasteiger partial charge in [-0.05, 0) is 65.9 Å². The van der Waals surface area contributed by atoms with E-state index in [4.69, 9.17) is 5.11 Å². The molecule has 1 aliphatic rings. The molecule has 1 aromatic heterocycles. The minimum atomic E-state index is -1.04. The summed E-state index contributed by atoms with van der Waals surface area (Å²) >= 11 is 2.36. The molecule has 1 fully saturated rings. The van der Waals surface area contributed by atoms with E-state index >= 15 is 0 Å². The highest BCUT2D eigenvalue weighted by molar-refractivity contribution is 8.18. The smallest absolute Gasteiger partial charge is 0.335 e. The number of hydrogen-bond donors (Lipinski definition) is 2. The van der Waals surface area contributed by atoms with Gasteiger partial charge in [-0.25, -0.2) is 9.79 Å². The van der Waals surface area contributed by atoms with Gasteiger partial charge in [-0.15, -0.1) is 0 Å². The molecule has 1 saturated heterocycles. The van der Waals surface area contributed by atoms with E-state index in [1.54, 1.807) is 24.4 Å². The molecule has 182 valence electrons. The number of aromatic nitrogens is 1. The van der Waals surface area contributed by atoms with Crippen LogP contribution in [-0.4, -0.2) is 32.1 Å². The second-order valence-corrected chi connectivity index (χ2v) is 9.87. The fourth-order valence-electron chi connectivity index (χ4n) is 3.56. The Labute approximate surface area is 218 Å². The van der Waals surface area contributed by atoms with E-state index in [1.807, 2.05) is 30.3 Å². The van der Waals surface area contributed by atoms with Crippen LogP contribution in [0, 0.1) is 10.1 Å². The second kappa shape index (κ2) is 10.2. The van der Waals surface area contributed by atoms with Gasteiger partial charge in [-0.2, -0.15) is 0 Å². The van der Waals surface area contributed by atoms with Crippen LogP contribution in [0.1, 0.15) is 15.9 Å². The number of nitrogens with zero attached hydrogens (tertiary/aromatic N) is 3.